The number of hydrogen-bond donors (Lipinski definition) is 2. The van der Waals surface area contributed by atoms with E-state index in [0.29, 0.717) is 27.5 Å². The van der Waals surface area contributed by atoms with Crippen molar-refractivity contribution in [1.29, 1.82) is 0 Å². The van der Waals surface area contributed by atoms with Gasteiger partial charge in [0.05, 0.1) is 17.0 Å². The molecule has 100 valence electrons. The van der Waals surface area contributed by atoms with Crippen LogP contribution in [0.4, 0.5) is 5.00 Å². The number of carbonyl (C=O) groups is 2. The standard InChI is InChI=1S/C12H18N2O3S/c1-4-6-14-11(15)9-7(3)8(10(13)18-9)12(16)17-5-2/h4-6,13H2,1-3H3,(H,14,15). The van der Waals surface area contributed by atoms with Crippen LogP contribution in [0.5, 0.6) is 0 Å². The Balaban J connectivity index is 3.00. The Morgan fingerprint density at radius 3 is 2.61 bits per heavy atom. The second kappa shape index (κ2) is 6.39. The molecule has 0 bridgehead atoms. The van der Waals surface area contributed by atoms with Gasteiger partial charge in [-0.25, -0.2) is 4.79 Å². The number of carbonyl (C=O) groups excluding carboxylic acids is 2. The van der Waals surface area contributed by atoms with E-state index in [1.54, 1.807) is 13.8 Å². The zero-order valence-corrected chi connectivity index (χ0v) is 11.6. The Labute approximate surface area is 110 Å². The minimum Gasteiger partial charge on any atom is -0.462 e. The van der Waals surface area contributed by atoms with Crippen LogP contribution in [0, 0.1) is 6.92 Å². The van der Waals surface area contributed by atoms with Crippen LogP contribution in [0.2, 0.25) is 0 Å². The molecule has 0 radical (unpaired) electrons. The van der Waals surface area contributed by atoms with Crippen molar-refractivity contribution in [1.82, 2.24) is 5.32 Å². The van der Waals surface area contributed by atoms with Crippen LogP contribution in [0.15, 0.2) is 0 Å². The minimum atomic E-state index is -0.474. The molecule has 0 aromatic carbocycles. The highest BCUT2D eigenvalue weighted by Gasteiger charge is 2.23. The van der Waals surface area contributed by atoms with E-state index in [1.165, 1.54) is 0 Å². The van der Waals surface area contributed by atoms with Gasteiger partial charge in [-0.3, -0.25) is 4.79 Å². The summed E-state index contributed by atoms with van der Waals surface area (Å²) in [4.78, 5) is 24.0. The number of amides is 1. The van der Waals surface area contributed by atoms with Crippen LogP contribution in [-0.2, 0) is 4.74 Å². The number of esters is 1. The zero-order valence-electron chi connectivity index (χ0n) is 10.8. The van der Waals surface area contributed by atoms with Gasteiger partial charge >= 0.3 is 5.97 Å². The Morgan fingerprint density at radius 1 is 1.39 bits per heavy atom. The van der Waals surface area contributed by atoms with E-state index in [4.69, 9.17) is 10.5 Å². The van der Waals surface area contributed by atoms with Gasteiger partial charge in [0.1, 0.15) is 5.00 Å². The topological polar surface area (TPSA) is 81.4 Å². The maximum Gasteiger partial charge on any atom is 0.341 e. The van der Waals surface area contributed by atoms with E-state index < -0.39 is 5.97 Å². The first-order chi connectivity index (χ1) is 8.52. The fraction of sp³-hybridized carbons (Fsp3) is 0.500. The predicted octanol–water partition coefficient (Wildman–Crippen LogP) is 1.96. The Hall–Kier alpha value is -1.56. The van der Waals surface area contributed by atoms with Crippen molar-refractivity contribution in [2.24, 2.45) is 0 Å². The van der Waals surface area contributed by atoms with Crippen LogP contribution in [-0.4, -0.2) is 25.0 Å². The SMILES string of the molecule is CCCNC(=O)c1sc(N)c(C(=O)OCC)c1C. The normalized spacial score (nSPS) is 10.2. The molecule has 0 saturated heterocycles. The Kier molecular flexibility index (Phi) is 5.15. The first kappa shape index (κ1) is 14.5. The van der Waals surface area contributed by atoms with Crippen LogP contribution in [0.25, 0.3) is 0 Å². The Bertz CT molecular complexity index is 454. The van der Waals surface area contributed by atoms with Crippen molar-refractivity contribution in [3.63, 3.8) is 0 Å². The number of hydrogen-bond acceptors (Lipinski definition) is 5. The monoisotopic (exact) mass is 270 g/mol. The van der Waals surface area contributed by atoms with Crippen molar-refractivity contribution in [2.45, 2.75) is 27.2 Å². The predicted molar refractivity (Wildman–Crippen MR) is 72.0 cm³/mol. The van der Waals surface area contributed by atoms with Crippen LogP contribution >= 0.6 is 11.3 Å². The van der Waals surface area contributed by atoms with Crippen LogP contribution in [0.1, 0.15) is 45.9 Å². The number of rotatable bonds is 5. The zero-order chi connectivity index (χ0) is 13.7. The van der Waals surface area contributed by atoms with Gasteiger partial charge in [-0.05, 0) is 25.8 Å². The summed E-state index contributed by atoms with van der Waals surface area (Å²) in [5.41, 5.74) is 6.67. The molecule has 18 heavy (non-hydrogen) atoms. The molecule has 0 fully saturated rings. The van der Waals surface area contributed by atoms with Crippen LogP contribution in [0.3, 0.4) is 0 Å². The highest BCUT2D eigenvalue weighted by Crippen LogP contribution is 2.31. The van der Waals surface area contributed by atoms with Crippen molar-refractivity contribution >= 4 is 28.2 Å². The summed E-state index contributed by atoms with van der Waals surface area (Å²) in [6, 6.07) is 0. The van der Waals surface area contributed by atoms with Crippen LogP contribution < -0.4 is 11.1 Å². The molecule has 0 atom stereocenters. The van der Waals surface area contributed by atoms with E-state index in [1.807, 2.05) is 6.92 Å². The summed E-state index contributed by atoms with van der Waals surface area (Å²) in [7, 11) is 0. The first-order valence-corrected chi connectivity index (χ1v) is 6.68. The quantitative estimate of drug-likeness (QED) is 0.801. The molecular weight excluding hydrogens is 252 g/mol. The van der Waals surface area contributed by atoms with Gasteiger partial charge in [-0.2, -0.15) is 0 Å². The average Bonchev–Trinajstić information content (AvgIpc) is 2.62. The molecule has 0 spiro atoms. The maximum absolute atomic E-state index is 11.9. The second-order valence-electron chi connectivity index (χ2n) is 3.77. The highest BCUT2D eigenvalue weighted by molar-refractivity contribution is 7.18. The van der Waals surface area contributed by atoms with Gasteiger partial charge in [0.2, 0.25) is 0 Å². The number of ether oxygens (including phenoxy) is 1. The van der Waals surface area contributed by atoms with E-state index in [2.05, 4.69) is 5.32 Å². The molecule has 1 amide bonds. The van der Waals surface area contributed by atoms with E-state index in [-0.39, 0.29) is 12.5 Å². The largest absolute Gasteiger partial charge is 0.462 e. The third-order valence-electron chi connectivity index (χ3n) is 2.40. The molecule has 1 aromatic rings. The lowest BCUT2D eigenvalue weighted by atomic mass is 10.1. The summed E-state index contributed by atoms with van der Waals surface area (Å²) in [6.07, 6.45) is 0.858. The first-order valence-electron chi connectivity index (χ1n) is 5.87. The highest BCUT2D eigenvalue weighted by atomic mass is 32.1. The molecule has 1 aromatic heterocycles. The summed E-state index contributed by atoms with van der Waals surface area (Å²) < 4.78 is 4.92. The van der Waals surface area contributed by atoms with Crippen molar-refractivity contribution in [3.8, 4) is 0 Å². The molecule has 3 N–H and O–H groups in total. The summed E-state index contributed by atoms with van der Waals surface area (Å²) in [5, 5.41) is 3.09. The molecule has 0 aliphatic rings. The number of nitrogens with two attached hydrogens (primary N) is 1. The fourth-order valence-corrected chi connectivity index (χ4v) is 2.51. The number of nitrogen functional groups attached to an aromatic ring is 1. The van der Waals surface area contributed by atoms with Crippen molar-refractivity contribution < 1.29 is 14.3 Å². The molecule has 1 heterocycles. The summed E-state index contributed by atoms with van der Waals surface area (Å²) in [6.45, 7) is 6.29. The van der Waals surface area contributed by atoms with E-state index in [0.717, 1.165) is 17.8 Å². The average molecular weight is 270 g/mol. The lowest BCUT2D eigenvalue weighted by Crippen LogP contribution is -2.23. The molecule has 0 aliphatic heterocycles. The minimum absolute atomic E-state index is 0.193. The van der Waals surface area contributed by atoms with Gasteiger partial charge in [0.15, 0.2) is 0 Å². The number of nitrogens with one attached hydrogen (secondary N) is 1. The lowest BCUT2D eigenvalue weighted by Gasteiger charge is -2.03. The molecular formula is C12H18N2O3S. The molecule has 0 unspecified atom stereocenters. The lowest BCUT2D eigenvalue weighted by molar-refractivity contribution is 0.0527. The van der Waals surface area contributed by atoms with Gasteiger partial charge in [0, 0.05) is 6.54 Å². The molecule has 1 rings (SSSR count). The number of thiophene rings is 1. The van der Waals surface area contributed by atoms with Gasteiger partial charge in [-0.15, -0.1) is 11.3 Å². The van der Waals surface area contributed by atoms with Gasteiger partial charge < -0.3 is 15.8 Å². The maximum atomic E-state index is 11.9. The van der Waals surface area contributed by atoms with E-state index in [9.17, 15) is 9.59 Å². The fourth-order valence-electron chi connectivity index (χ4n) is 1.53. The molecule has 5 nitrogen and oxygen atoms in total. The second-order valence-corrected chi connectivity index (χ2v) is 4.82. The molecule has 0 aliphatic carbocycles. The summed E-state index contributed by atoms with van der Waals surface area (Å²) in [5.74, 6) is -0.667. The smallest absolute Gasteiger partial charge is 0.341 e. The third-order valence-corrected chi connectivity index (χ3v) is 3.52. The number of anilines is 1. The summed E-state index contributed by atoms with van der Waals surface area (Å²) >= 11 is 1.12. The van der Waals surface area contributed by atoms with Gasteiger partial charge in [-0.1, -0.05) is 6.92 Å². The van der Waals surface area contributed by atoms with Crippen molar-refractivity contribution in [2.75, 3.05) is 18.9 Å². The van der Waals surface area contributed by atoms with E-state index >= 15 is 0 Å². The third kappa shape index (κ3) is 3.01. The molecule has 6 heteroatoms. The van der Waals surface area contributed by atoms with Crippen molar-refractivity contribution in [3.05, 3.63) is 16.0 Å². The van der Waals surface area contributed by atoms with Gasteiger partial charge in [0.25, 0.3) is 5.91 Å². The molecule has 0 saturated carbocycles. The Morgan fingerprint density at radius 2 is 2.06 bits per heavy atom.